The Morgan fingerprint density at radius 3 is 2.28 bits per heavy atom. The van der Waals surface area contributed by atoms with Gasteiger partial charge >= 0.3 is 12.3 Å². The van der Waals surface area contributed by atoms with Crippen LogP contribution in [-0.2, 0) is 27.4 Å². The van der Waals surface area contributed by atoms with Crippen LogP contribution in [0.4, 0.5) is 23.7 Å². The SMILES string of the molecule is O=C(O)Nc1ccc(C(F)(F)F)cc1C(=O)NCC(=O)N[C@H]1CCCC[C@H]1CS(=O)(=O)c1ccc(CO)cc1. The van der Waals surface area contributed by atoms with E-state index in [1.54, 1.807) is 0 Å². The summed E-state index contributed by atoms with van der Waals surface area (Å²) in [7, 11) is -3.70. The Balaban J connectivity index is 1.66. The Hall–Kier alpha value is -3.65. The number of hydrogen-bond donors (Lipinski definition) is 5. The number of rotatable bonds is 9. The van der Waals surface area contributed by atoms with Crippen LogP contribution >= 0.6 is 0 Å². The van der Waals surface area contributed by atoms with Gasteiger partial charge in [-0.05, 0) is 54.7 Å². The van der Waals surface area contributed by atoms with Gasteiger partial charge in [-0.3, -0.25) is 14.9 Å². The third-order valence-corrected chi connectivity index (χ3v) is 8.25. The van der Waals surface area contributed by atoms with Gasteiger partial charge in [0.2, 0.25) is 5.91 Å². The maximum absolute atomic E-state index is 13.1. The molecule has 2 atom stereocenters. The number of anilines is 1. The summed E-state index contributed by atoms with van der Waals surface area (Å²) in [6.45, 7) is -0.848. The van der Waals surface area contributed by atoms with E-state index in [-0.39, 0.29) is 17.3 Å². The van der Waals surface area contributed by atoms with Crippen molar-refractivity contribution in [1.29, 1.82) is 0 Å². The molecule has 1 saturated carbocycles. The number of carbonyl (C=O) groups is 3. The topological polar surface area (TPSA) is 162 Å². The Morgan fingerprint density at radius 1 is 1.00 bits per heavy atom. The molecule has 5 N–H and O–H groups in total. The van der Waals surface area contributed by atoms with E-state index in [4.69, 9.17) is 10.2 Å². The molecule has 0 aromatic heterocycles. The average molecular weight is 572 g/mol. The molecule has 0 saturated heterocycles. The van der Waals surface area contributed by atoms with Crippen molar-refractivity contribution >= 4 is 33.4 Å². The number of hydrogen-bond acceptors (Lipinski definition) is 6. The summed E-state index contributed by atoms with van der Waals surface area (Å²) >= 11 is 0. The van der Waals surface area contributed by atoms with E-state index < -0.39 is 69.2 Å². The fourth-order valence-electron chi connectivity index (χ4n) is 4.42. The molecule has 14 heteroatoms. The van der Waals surface area contributed by atoms with Crippen molar-refractivity contribution in [3.63, 3.8) is 0 Å². The average Bonchev–Trinajstić information content (AvgIpc) is 2.87. The summed E-state index contributed by atoms with van der Waals surface area (Å²) in [6.07, 6.45) is -3.83. The molecule has 0 heterocycles. The lowest BCUT2D eigenvalue weighted by Crippen LogP contribution is -2.47. The zero-order valence-electron chi connectivity index (χ0n) is 20.6. The Bertz CT molecular complexity index is 1320. The first-order chi connectivity index (χ1) is 18.3. The molecular formula is C25H28F3N3O7S. The van der Waals surface area contributed by atoms with Crippen molar-refractivity contribution in [3.05, 3.63) is 59.2 Å². The Labute approximate surface area is 222 Å². The van der Waals surface area contributed by atoms with Crippen molar-refractivity contribution in [2.24, 2.45) is 5.92 Å². The number of benzene rings is 2. The van der Waals surface area contributed by atoms with Crippen LogP contribution in [0, 0.1) is 5.92 Å². The van der Waals surface area contributed by atoms with Crippen molar-refractivity contribution in [1.82, 2.24) is 10.6 Å². The lowest BCUT2D eigenvalue weighted by molar-refractivity contribution is -0.137. The van der Waals surface area contributed by atoms with E-state index in [1.807, 2.05) is 5.32 Å². The molecule has 39 heavy (non-hydrogen) atoms. The highest BCUT2D eigenvalue weighted by atomic mass is 32.2. The van der Waals surface area contributed by atoms with Gasteiger partial charge in [-0.15, -0.1) is 0 Å². The molecule has 1 fully saturated rings. The van der Waals surface area contributed by atoms with Gasteiger partial charge in [0, 0.05) is 6.04 Å². The second-order valence-corrected chi connectivity index (χ2v) is 11.2. The standard InChI is InChI=1S/C25H28F3N3O7S/c26-25(27,28)17-7-10-21(31-24(35)36)19(11-17)23(34)29-12-22(33)30-20-4-2-1-3-16(20)14-39(37,38)18-8-5-15(13-32)6-9-18/h5-11,16,20,31-32H,1-4,12-14H2,(H,29,34)(H,30,33)(H,35,36)/t16-,20-/m0/s1. The summed E-state index contributed by atoms with van der Waals surface area (Å²) in [5.41, 5.74) is -1.62. The first kappa shape index (κ1) is 29.9. The zero-order valence-corrected chi connectivity index (χ0v) is 21.4. The number of carboxylic acid groups (broad SMARTS) is 1. The summed E-state index contributed by atoms with van der Waals surface area (Å²) in [4.78, 5) is 36.3. The van der Waals surface area contributed by atoms with Crippen LogP contribution in [0.3, 0.4) is 0 Å². The van der Waals surface area contributed by atoms with Crippen LogP contribution in [0.15, 0.2) is 47.4 Å². The number of carbonyl (C=O) groups excluding carboxylic acids is 2. The summed E-state index contributed by atoms with van der Waals surface area (Å²) < 4.78 is 65.2. The smallest absolute Gasteiger partial charge is 0.416 e. The predicted octanol–water partition coefficient (Wildman–Crippen LogP) is 3.17. The highest BCUT2D eigenvalue weighted by Gasteiger charge is 2.33. The molecule has 3 amide bonds. The summed E-state index contributed by atoms with van der Waals surface area (Å²) in [5.74, 6) is -2.41. The van der Waals surface area contributed by atoms with Crippen LogP contribution in [0.25, 0.3) is 0 Å². The molecule has 1 aliphatic carbocycles. The minimum absolute atomic E-state index is 0.0921. The molecular weight excluding hydrogens is 543 g/mol. The highest BCUT2D eigenvalue weighted by Crippen LogP contribution is 2.32. The monoisotopic (exact) mass is 571 g/mol. The minimum Gasteiger partial charge on any atom is -0.465 e. The van der Waals surface area contributed by atoms with Gasteiger partial charge in [0.1, 0.15) is 0 Å². The van der Waals surface area contributed by atoms with Crippen LogP contribution in [0.5, 0.6) is 0 Å². The maximum Gasteiger partial charge on any atom is 0.416 e. The molecule has 0 unspecified atom stereocenters. The zero-order chi connectivity index (χ0) is 28.8. The van der Waals surface area contributed by atoms with E-state index in [0.717, 1.165) is 18.9 Å². The number of aliphatic hydroxyl groups is 1. The summed E-state index contributed by atoms with van der Waals surface area (Å²) in [6, 6.07) is 7.24. The van der Waals surface area contributed by atoms with Gasteiger partial charge in [0.15, 0.2) is 9.84 Å². The number of halogens is 3. The quantitative estimate of drug-likeness (QED) is 0.309. The van der Waals surface area contributed by atoms with Crippen LogP contribution in [-0.4, -0.2) is 54.9 Å². The molecule has 0 spiro atoms. The fraction of sp³-hybridized carbons (Fsp3) is 0.400. The van der Waals surface area contributed by atoms with E-state index in [0.29, 0.717) is 30.5 Å². The first-order valence-corrected chi connectivity index (χ1v) is 13.7. The van der Waals surface area contributed by atoms with Crippen LogP contribution < -0.4 is 16.0 Å². The van der Waals surface area contributed by atoms with Crippen LogP contribution in [0.1, 0.15) is 47.2 Å². The number of aliphatic hydroxyl groups excluding tert-OH is 1. The van der Waals surface area contributed by atoms with Gasteiger partial charge < -0.3 is 20.8 Å². The van der Waals surface area contributed by atoms with Crippen molar-refractivity contribution in [2.45, 2.75) is 49.4 Å². The lowest BCUT2D eigenvalue weighted by Gasteiger charge is -2.32. The minimum atomic E-state index is -4.79. The van der Waals surface area contributed by atoms with Crippen molar-refractivity contribution in [3.8, 4) is 0 Å². The van der Waals surface area contributed by atoms with Gasteiger partial charge in [0.05, 0.1) is 40.6 Å². The number of amides is 3. The highest BCUT2D eigenvalue weighted by molar-refractivity contribution is 7.91. The van der Waals surface area contributed by atoms with Crippen molar-refractivity contribution < 1.29 is 46.2 Å². The second kappa shape index (κ2) is 12.5. The molecule has 10 nitrogen and oxygen atoms in total. The third-order valence-electron chi connectivity index (χ3n) is 6.40. The molecule has 1 aliphatic rings. The van der Waals surface area contributed by atoms with E-state index in [9.17, 15) is 36.0 Å². The van der Waals surface area contributed by atoms with E-state index in [2.05, 4.69) is 10.6 Å². The third kappa shape index (κ3) is 8.17. The molecule has 2 aromatic rings. The van der Waals surface area contributed by atoms with Gasteiger partial charge in [-0.1, -0.05) is 25.0 Å². The largest absolute Gasteiger partial charge is 0.465 e. The molecule has 2 aromatic carbocycles. The van der Waals surface area contributed by atoms with Gasteiger partial charge in [-0.25, -0.2) is 13.2 Å². The Morgan fingerprint density at radius 2 is 1.67 bits per heavy atom. The van der Waals surface area contributed by atoms with Gasteiger partial charge in [0.25, 0.3) is 5.91 Å². The first-order valence-electron chi connectivity index (χ1n) is 12.0. The molecule has 212 valence electrons. The van der Waals surface area contributed by atoms with Gasteiger partial charge in [-0.2, -0.15) is 13.2 Å². The molecule has 0 bridgehead atoms. The molecule has 3 rings (SSSR count). The van der Waals surface area contributed by atoms with Crippen molar-refractivity contribution in [2.75, 3.05) is 17.6 Å². The summed E-state index contributed by atoms with van der Waals surface area (Å²) in [5, 5.41) is 24.8. The van der Waals surface area contributed by atoms with E-state index in [1.165, 1.54) is 24.3 Å². The van der Waals surface area contributed by atoms with Crippen LogP contribution in [0.2, 0.25) is 0 Å². The van der Waals surface area contributed by atoms with E-state index >= 15 is 0 Å². The predicted molar refractivity (Wildman–Crippen MR) is 134 cm³/mol. The number of sulfone groups is 1. The lowest BCUT2D eigenvalue weighted by atomic mass is 9.86. The molecule has 0 aliphatic heterocycles. The molecule has 0 radical (unpaired) electrons. The normalized spacial score (nSPS) is 17.7. The fourth-order valence-corrected chi connectivity index (χ4v) is 6.13. The Kier molecular flexibility index (Phi) is 9.56. The number of alkyl halides is 3. The maximum atomic E-state index is 13.1. The second-order valence-electron chi connectivity index (χ2n) is 9.17. The number of nitrogens with one attached hydrogen (secondary N) is 3.